The van der Waals surface area contributed by atoms with Crippen molar-refractivity contribution in [2.24, 2.45) is 12.8 Å². The lowest BCUT2D eigenvalue weighted by Crippen LogP contribution is -2.25. The molecule has 0 saturated carbocycles. The summed E-state index contributed by atoms with van der Waals surface area (Å²) in [5, 5.41) is 1.10. The van der Waals surface area contributed by atoms with Gasteiger partial charge in [0, 0.05) is 23.6 Å². The molecular weight excluding hydrogens is 240 g/mol. The fourth-order valence-electron chi connectivity index (χ4n) is 3.23. The number of nitrogens with zero attached hydrogens (tertiary/aromatic N) is 1. The van der Waals surface area contributed by atoms with Crippen LogP contribution in [0.15, 0.2) is 18.2 Å². The van der Waals surface area contributed by atoms with E-state index in [0.717, 1.165) is 41.5 Å². The van der Waals surface area contributed by atoms with Gasteiger partial charge in [-0.05, 0) is 43.0 Å². The highest BCUT2D eigenvalue weighted by Gasteiger charge is 2.29. The Morgan fingerprint density at radius 3 is 2.95 bits per heavy atom. The Balaban J connectivity index is 2.32. The minimum atomic E-state index is -0.226. The van der Waals surface area contributed by atoms with Gasteiger partial charge in [-0.2, -0.15) is 0 Å². The van der Waals surface area contributed by atoms with E-state index < -0.39 is 0 Å². The van der Waals surface area contributed by atoms with E-state index in [1.54, 1.807) is 7.11 Å². The second-order valence-electron chi connectivity index (χ2n) is 5.15. The number of fused-ring (bicyclic) bond motifs is 3. The zero-order valence-electron chi connectivity index (χ0n) is 11.3. The van der Waals surface area contributed by atoms with Crippen molar-refractivity contribution in [3.63, 3.8) is 0 Å². The van der Waals surface area contributed by atoms with Crippen molar-refractivity contribution in [2.45, 2.75) is 25.2 Å². The number of aromatic nitrogens is 1. The molecule has 1 aliphatic rings. The van der Waals surface area contributed by atoms with Crippen LogP contribution in [0, 0.1) is 0 Å². The molecule has 1 aromatic carbocycles. The van der Waals surface area contributed by atoms with Crippen LogP contribution in [0.4, 0.5) is 0 Å². The minimum Gasteiger partial charge on any atom is -0.497 e. The Morgan fingerprint density at radius 1 is 1.47 bits per heavy atom. The molecule has 2 N–H and O–H groups in total. The summed E-state index contributed by atoms with van der Waals surface area (Å²) < 4.78 is 7.47. The third-order valence-electron chi connectivity index (χ3n) is 4.17. The number of hydrogen-bond acceptors (Lipinski definition) is 2. The molecule has 4 heteroatoms. The first-order chi connectivity index (χ1) is 9.13. The summed E-state index contributed by atoms with van der Waals surface area (Å²) in [5.74, 6) is 0.422. The molecule has 0 saturated heterocycles. The summed E-state index contributed by atoms with van der Waals surface area (Å²) in [6.07, 6.45) is 2.87. The highest BCUT2D eigenvalue weighted by Crippen LogP contribution is 2.39. The first kappa shape index (κ1) is 12.1. The molecule has 3 rings (SSSR count). The van der Waals surface area contributed by atoms with Gasteiger partial charge in [-0.3, -0.25) is 4.79 Å². The zero-order chi connectivity index (χ0) is 13.6. The van der Waals surface area contributed by atoms with Crippen LogP contribution in [0.1, 0.15) is 30.0 Å². The molecule has 0 radical (unpaired) electrons. The zero-order valence-corrected chi connectivity index (χ0v) is 11.3. The van der Waals surface area contributed by atoms with Crippen molar-refractivity contribution in [3.05, 3.63) is 29.5 Å². The highest BCUT2D eigenvalue weighted by atomic mass is 16.5. The molecule has 1 aromatic heterocycles. The number of nitrogens with two attached hydrogens (primary N) is 1. The van der Waals surface area contributed by atoms with Crippen molar-refractivity contribution in [1.29, 1.82) is 0 Å². The molecule has 1 amide bonds. The van der Waals surface area contributed by atoms with Gasteiger partial charge in [0.2, 0.25) is 5.91 Å². The molecule has 1 unspecified atom stereocenters. The second-order valence-corrected chi connectivity index (χ2v) is 5.15. The SMILES string of the molecule is COc1ccc2c(c1)c1c(n2C)CCCC1C(N)=O. The number of ether oxygens (including phenoxy) is 1. The number of amides is 1. The molecule has 4 nitrogen and oxygen atoms in total. The minimum absolute atomic E-state index is 0.167. The third-order valence-corrected chi connectivity index (χ3v) is 4.17. The number of carbonyl (C=O) groups is 1. The van der Waals surface area contributed by atoms with Gasteiger partial charge >= 0.3 is 0 Å². The molecule has 100 valence electrons. The largest absolute Gasteiger partial charge is 0.497 e. The van der Waals surface area contributed by atoms with E-state index >= 15 is 0 Å². The lowest BCUT2D eigenvalue weighted by Gasteiger charge is -2.21. The van der Waals surface area contributed by atoms with Crippen molar-refractivity contribution in [3.8, 4) is 5.75 Å². The van der Waals surface area contributed by atoms with Gasteiger partial charge in [-0.15, -0.1) is 0 Å². The fraction of sp³-hybridized carbons (Fsp3) is 0.400. The molecule has 1 aliphatic carbocycles. The normalized spacial score (nSPS) is 18.3. The van der Waals surface area contributed by atoms with Crippen LogP contribution in [0.5, 0.6) is 5.75 Å². The predicted octanol–water partition coefficient (Wildman–Crippen LogP) is 2.09. The summed E-state index contributed by atoms with van der Waals surface area (Å²) in [6, 6.07) is 6.01. The fourth-order valence-corrected chi connectivity index (χ4v) is 3.23. The highest BCUT2D eigenvalue weighted by molar-refractivity contribution is 5.94. The number of rotatable bonds is 2. The smallest absolute Gasteiger partial charge is 0.225 e. The van der Waals surface area contributed by atoms with E-state index in [2.05, 4.69) is 11.6 Å². The van der Waals surface area contributed by atoms with Crippen molar-refractivity contribution >= 4 is 16.8 Å². The van der Waals surface area contributed by atoms with Gasteiger partial charge in [0.25, 0.3) is 0 Å². The van der Waals surface area contributed by atoms with Crippen LogP contribution < -0.4 is 10.5 Å². The van der Waals surface area contributed by atoms with Crippen LogP contribution in [-0.4, -0.2) is 17.6 Å². The summed E-state index contributed by atoms with van der Waals surface area (Å²) in [5.41, 5.74) is 9.05. The Morgan fingerprint density at radius 2 is 2.26 bits per heavy atom. The third kappa shape index (κ3) is 1.70. The Labute approximate surface area is 112 Å². The summed E-state index contributed by atoms with van der Waals surface area (Å²) in [4.78, 5) is 11.7. The lowest BCUT2D eigenvalue weighted by molar-refractivity contribution is -0.119. The van der Waals surface area contributed by atoms with Gasteiger partial charge in [-0.1, -0.05) is 0 Å². The first-order valence-corrected chi connectivity index (χ1v) is 6.58. The second kappa shape index (κ2) is 4.30. The lowest BCUT2D eigenvalue weighted by atomic mass is 9.84. The summed E-state index contributed by atoms with van der Waals surface area (Å²) >= 11 is 0. The van der Waals surface area contributed by atoms with Gasteiger partial charge < -0.3 is 15.0 Å². The average molecular weight is 258 g/mol. The van der Waals surface area contributed by atoms with E-state index in [4.69, 9.17) is 10.5 Å². The van der Waals surface area contributed by atoms with Crippen LogP contribution in [0.25, 0.3) is 10.9 Å². The maximum Gasteiger partial charge on any atom is 0.225 e. The van der Waals surface area contributed by atoms with Gasteiger partial charge in [0.15, 0.2) is 0 Å². The number of hydrogen-bond donors (Lipinski definition) is 1. The van der Waals surface area contributed by atoms with Crippen LogP contribution in [0.3, 0.4) is 0 Å². The molecule has 2 aromatic rings. The van der Waals surface area contributed by atoms with Gasteiger partial charge in [0.05, 0.1) is 13.0 Å². The van der Waals surface area contributed by atoms with E-state index in [0.29, 0.717) is 0 Å². The average Bonchev–Trinajstić information content (AvgIpc) is 2.72. The Bertz CT molecular complexity index is 658. The standard InChI is InChI=1S/C15H18N2O2/c1-17-12-7-6-9(19-2)8-11(12)14-10(15(16)18)4-3-5-13(14)17/h6-8,10H,3-5H2,1-2H3,(H2,16,18). The quantitative estimate of drug-likeness (QED) is 0.896. The monoisotopic (exact) mass is 258 g/mol. The topological polar surface area (TPSA) is 57.2 Å². The number of methoxy groups -OCH3 is 1. The Kier molecular flexibility index (Phi) is 2.73. The van der Waals surface area contributed by atoms with Crippen molar-refractivity contribution < 1.29 is 9.53 Å². The van der Waals surface area contributed by atoms with E-state index in [1.165, 1.54) is 5.69 Å². The predicted molar refractivity (Wildman–Crippen MR) is 74.3 cm³/mol. The van der Waals surface area contributed by atoms with Crippen LogP contribution in [-0.2, 0) is 18.3 Å². The van der Waals surface area contributed by atoms with Crippen LogP contribution in [0.2, 0.25) is 0 Å². The van der Waals surface area contributed by atoms with Gasteiger partial charge in [0.1, 0.15) is 5.75 Å². The number of primary amides is 1. The molecule has 1 atom stereocenters. The number of carbonyl (C=O) groups excluding carboxylic acids is 1. The van der Waals surface area contributed by atoms with Crippen LogP contribution >= 0.6 is 0 Å². The maximum atomic E-state index is 11.7. The van der Waals surface area contributed by atoms with Crippen molar-refractivity contribution in [2.75, 3.05) is 7.11 Å². The molecule has 19 heavy (non-hydrogen) atoms. The molecule has 0 aliphatic heterocycles. The van der Waals surface area contributed by atoms with Crippen molar-refractivity contribution in [1.82, 2.24) is 4.57 Å². The summed E-state index contributed by atoms with van der Waals surface area (Å²) in [7, 11) is 3.71. The van der Waals surface area contributed by atoms with E-state index in [-0.39, 0.29) is 11.8 Å². The maximum absolute atomic E-state index is 11.7. The number of benzene rings is 1. The number of aryl methyl sites for hydroxylation is 1. The van der Waals surface area contributed by atoms with E-state index in [1.807, 2.05) is 18.2 Å². The van der Waals surface area contributed by atoms with Gasteiger partial charge in [-0.25, -0.2) is 0 Å². The molecular formula is C15H18N2O2. The van der Waals surface area contributed by atoms with E-state index in [9.17, 15) is 4.79 Å². The first-order valence-electron chi connectivity index (χ1n) is 6.58. The summed E-state index contributed by atoms with van der Waals surface area (Å²) in [6.45, 7) is 0. The molecule has 0 spiro atoms. The molecule has 0 bridgehead atoms. The molecule has 1 heterocycles. The molecule has 0 fully saturated rings. The Hall–Kier alpha value is -1.97.